The lowest BCUT2D eigenvalue weighted by Crippen LogP contribution is -2.56. The predicted octanol–water partition coefficient (Wildman–Crippen LogP) is 3.08. The number of nitrogens with zero attached hydrogens (tertiary/aromatic N) is 1. The molecule has 3 heterocycles. The third kappa shape index (κ3) is 1.41. The van der Waals surface area contributed by atoms with Crippen LogP contribution in [0.4, 0.5) is 0 Å². The van der Waals surface area contributed by atoms with Crippen molar-refractivity contribution in [1.82, 2.24) is 4.90 Å². The Morgan fingerprint density at radius 1 is 1.23 bits per heavy atom. The average molecular weight is 202 g/mol. The molecule has 2 heteroatoms. The van der Waals surface area contributed by atoms with Crippen LogP contribution in [0.25, 0.3) is 0 Å². The minimum atomic E-state index is 0.307. The molecule has 3 fully saturated rings. The normalized spacial score (nSPS) is 45.2. The number of alkyl halides is 1. The van der Waals surface area contributed by atoms with E-state index in [1.54, 1.807) is 0 Å². The van der Waals surface area contributed by atoms with Gasteiger partial charge in [0.2, 0.25) is 0 Å². The van der Waals surface area contributed by atoms with E-state index in [1.165, 1.54) is 32.4 Å². The van der Waals surface area contributed by atoms with E-state index in [0.29, 0.717) is 16.3 Å². The van der Waals surface area contributed by atoms with Gasteiger partial charge in [-0.3, -0.25) is 4.90 Å². The largest absolute Gasteiger partial charge is 0.287 e. The van der Waals surface area contributed by atoms with Crippen LogP contribution >= 0.6 is 11.6 Å². The third-order valence-corrected chi connectivity index (χ3v) is 4.73. The molecule has 1 nitrogen and oxygen atoms in total. The molecule has 1 unspecified atom stereocenters. The Kier molecular flexibility index (Phi) is 2.16. The molecule has 0 aliphatic carbocycles. The number of halogens is 1. The highest BCUT2D eigenvalue weighted by Crippen LogP contribution is 2.54. The van der Waals surface area contributed by atoms with Crippen molar-refractivity contribution >= 4 is 11.6 Å². The Balaban J connectivity index is 2.23. The highest BCUT2D eigenvalue weighted by atomic mass is 35.5. The van der Waals surface area contributed by atoms with Gasteiger partial charge in [0.1, 0.15) is 0 Å². The van der Waals surface area contributed by atoms with Crippen LogP contribution in [-0.2, 0) is 0 Å². The van der Waals surface area contributed by atoms with Gasteiger partial charge in [0.15, 0.2) is 0 Å². The molecule has 0 aromatic heterocycles. The number of piperidine rings is 3. The summed E-state index contributed by atoms with van der Waals surface area (Å²) >= 11 is 6.33. The molecule has 3 aliphatic heterocycles. The lowest BCUT2D eigenvalue weighted by atomic mass is 9.58. The predicted molar refractivity (Wildman–Crippen MR) is 57.0 cm³/mol. The van der Waals surface area contributed by atoms with Crippen LogP contribution in [0.15, 0.2) is 0 Å². The third-order valence-electron chi connectivity index (χ3n) is 4.30. The Bertz CT molecular complexity index is 199. The monoisotopic (exact) mass is 201 g/mol. The second kappa shape index (κ2) is 2.87. The Morgan fingerprint density at radius 3 is 2.08 bits per heavy atom. The highest BCUT2D eigenvalue weighted by molar-refractivity contribution is 6.20. The van der Waals surface area contributed by atoms with Crippen LogP contribution < -0.4 is 0 Å². The van der Waals surface area contributed by atoms with Crippen LogP contribution in [0.5, 0.6) is 0 Å². The molecule has 0 saturated carbocycles. The van der Waals surface area contributed by atoms with Crippen molar-refractivity contribution in [3.8, 4) is 0 Å². The zero-order chi connectivity index (χ0) is 9.69. The maximum absolute atomic E-state index is 6.33. The summed E-state index contributed by atoms with van der Waals surface area (Å²) < 4.78 is 0. The van der Waals surface area contributed by atoms with Crippen molar-refractivity contribution in [2.24, 2.45) is 10.8 Å². The minimum Gasteiger partial charge on any atom is -0.287 e. The maximum atomic E-state index is 6.33. The number of rotatable bonds is 0. The van der Waals surface area contributed by atoms with E-state index in [0.717, 1.165) is 0 Å². The smallest absolute Gasteiger partial charge is 0.0855 e. The van der Waals surface area contributed by atoms with E-state index < -0.39 is 0 Å². The Morgan fingerprint density at radius 2 is 1.77 bits per heavy atom. The van der Waals surface area contributed by atoms with Crippen molar-refractivity contribution in [2.45, 2.75) is 45.5 Å². The second-order valence-corrected chi connectivity index (χ2v) is 6.21. The first kappa shape index (κ1) is 9.79. The number of fused-ring (bicyclic) bond motifs is 3. The van der Waals surface area contributed by atoms with Gasteiger partial charge < -0.3 is 0 Å². The van der Waals surface area contributed by atoms with Gasteiger partial charge in [-0.25, -0.2) is 0 Å². The number of hydrogen-bond acceptors (Lipinski definition) is 1. The SMILES string of the molecule is CC(C)(C)C12CCN(CC1)C(Cl)C2. The van der Waals surface area contributed by atoms with Gasteiger partial charge >= 0.3 is 0 Å². The van der Waals surface area contributed by atoms with Crippen LogP contribution in [0.3, 0.4) is 0 Å². The molecule has 3 rings (SSSR count). The molecule has 3 aliphatic rings. The zero-order valence-electron chi connectivity index (χ0n) is 8.94. The van der Waals surface area contributed by atoms with E-state index in [-0.39, 0.29) is 0 Å². The topological polar surface area (TPSA) is 3.24 Å². The molecule has 0 N–H and O–H groups in total. The summed E-state index contributed by atoms with van der Waals surface area (Å²) in [5.41, 5.74) is 1.25. The van der Waals surface area contributed by atoms with Gasteiger partial charge in [-0.2, -0.15) is 0 Å². The highest BCUT2D eigenvalue weighted by Gasteiger charge is 2.50. The van der Waals surface area contributed by atoms with Gasteiger partial charge in [-0.1, -0.05) is 20.8 Å². The van der Waals surface area contributed by atoms with Gasteiger partial charge in [0.25, 0.3) is 0 Å². The standard InChI is InChI=1S/C11H20ClN/c1-10(2,3)11-4-6-13(7-5-11)9(12)8-11/h9H,4-8H2,1-3H3. The summed E-state index contributed by atoms with van der Waals surface area (Å²) in [6.07, 6.45) is 3.89. The maximum Gasteiger partial charge on any atom is 0.0855 e. The first-order valence-corrected chi connectivity index (χ1v) is 5.76. The summed E-state index contributed by atoms with van der Waals surface area (Å²) in [7, 11) is 0. The molecule has 0 amide bonds. The van der Waals surface area contributed by atoms with E-state index in [2.05, 4.69) is 25.7 Å². The quantitative estimate of drug-likeness (QED) is 0.430. The molecule has 0 spiro atoms. The molecule has 0 radical (unpaired) electrons. The van der Waals surface area contributed by atoms with Crippen molar-refractivity contribution in [2.75, 3.05) is 13.1 Å². The summed E-state index contributed by atoms with van der Waals surface area (Å²) in [5, 5.41) is 0. The zero-order valence-corrected chi connectivity index (χ0v) is 9.69. The average Bonchev–Trinajstić information content (AvgIpc) is 2.04. The van der Waals surface area contributed by atoms with E-state index in [9.17, 15) is 0 Å². The van der Waals surface area contributed by atoms with Gasteiger partial charge in [-0.05, 0) is 30.1 Å². The van der Waals surface area contributed by atoms with Crippen molar-refractivity contribution < 1.29 is 0 Å². The summed E-state index contributed by atoms with van der Waals surface area (Å²) in [6.45, 7) is 9.55. The van der Waals surface area contributed by atoms with Crippen molar-refractivity contribution in [3.63, 3.8) is 0 Å². The molecule has 3 saturated heterocycles. The van der Waals surface area contributed by atoms with Crippen LogP contribution in [0.1, 0.15) is 40.0 Å². The fourth-order valence-corrected chi connectivity index (χ4v) is 3.43. The van der Waals surface area contributed by atoms with E-state index in [1.807, 2.05) is 0 Å². The fourth-order valence-electron chi connectivity index (χ4n) is 2.94. The first-order valence-electron chi connectivity index (χ1n) is 5.33. The number of hydrogen-bond donors (Lipinski definition) is 0. The van der Waals surface area contributed by atoms with Crippen molar-refractivity contribution in [1.29, 1.82) is 0 Å². The van der Waals surface area contributed by atoms with Gasteiger partial charge in [0.05, 0.1) is 5.50 Å². The van der Waals surface area contributed by atoms with Crippen LogP contribution in [-0.4, -0.2) is 23.5 Å². The minimum absolute atomic E-state index is 0.307. The molecule has 0 aromatic rings. The van der Waals surface area contributed by atoms with Gasteiger partial charge in [0, 0.05) is 13.1 Å². The Hall–Kier alpha value is 0.250. The molecule has 0 aromatic carbocycles. The molecule has 2 bridgehead atoms. The molecular formula is C11H20ClN. The van der Waals surface area contributed by atoms with Crippen LogP contribution in [0, 0.1) is 10.8 Å². The van der Waals surface area contributed by atoms with E-state index in [4.69, 9.17) is 11.6 Å². The lowest BCUT2D eigenvalue weighted by molar-refractivity contribution is -0.0638. The van der Waals surface area contributed by atoms with Crippen LogP contribution in [0.2, 0.25) is 0 Å². The summed E-state index contributed by atoms with van der Waals surface area (Å²) in [4.78, 5) is 2.43. The summed E-state index contributed by atoms with van der Waals surface area (Å²) in [5.74, 6) is 0. The molecular weight excluding hydrogens is 182 g/mol. The van der Waals surface area contributed by atoms with Gasteiger partial charge in [-0.15, -0.1) is 11.6 Å². The van der Waals surface area contributed by atoms with E-state index >= 15 is 0 Å². The molecule has 13 heavy (non-hydrogen) atoms. The summed E-state index contributed by atoms with van der Waals surface area (Å²) in [6, 6.07) is 0. The lowest BCUT2D eigenvalue weighted by Gasteiger charge is -2.57. The Labute approximate surface area is 86.4 Å². The fraction of sp³-hybridized carbons (Fsp3) is 1.00. The van der Waals surface area contributed by atoms with Crippen molar-refractivity contribution in [3.05, 3.63) is 0 Å². The first-order chi connectivity index (χ1) is 5.95. The molecule has 1 atom stereocenters. The second-order valence-electron chi connectivity index (χ2n) is 5.70. The molecule has 76 valence electrons.